The average Bonchev–Trinajstić information content (AvgIpc) is 2.38. The molecule has 19 heavy (non-hydrogen) atoms. The van der Waals surface area contributed by atoms with Crippen LogP contribution in [0.1, 0.15) is 13.3 Å². The number of aromatic nitrogens is 3. The van der Waals surface area contributed by atoms with E-state index in [1.54, 1.807) is 14.2 Å². The first-order valence-corrected chi connectivity index (χ1v) is 7.09. The quantitative estimate of drug-likeness (QED) is 0.499. The first-order chi connectivity index (χ1) is 9.08. The van der Waals surface area contributed by atoms with Crippen molar-refractivity contribution in [3.8, 4) is 0 Å². The second kappa shape index (κ2) is 8.13. The van der Waals surface area contributed by atoms with Crippen molar-refractivity contribution in [3.63, 3.8) is 0 Å². The minimum atomic E-state index is -0.759. The summed E-state index contributed by atoms with van der Waals surface area (Å²) >= 11 is 1.41. The van der Waals surface area contributed by atoms with Crippen LogP contribution in [0.4, 0.5) is 0 Å². The number of H-pyrrole nitrogens is 1. The monoisotopic (exact) mass is 288 g/mol. The van der Waals surface area contributed by atoms with Gasteiger partial charge in [-0.15, -0.1) is 0 Å². The molecule has 2 N–H and O–H groups in total. The van der Waals surface area contributed by atoms with Crippen LogP contribution in [0, 0.1) is 0 Å². The lowest BCUT2D eigenvalue weighted by atomic mass is 10.3. The molecule has 0 aliphatic heterocycles. The highest BCUT2D eigenvalue weighted by Gasteiger charge is 2.11. The number of ether oxygens (including phenoxy) is 1. The number of aromatic amines is 1. The molecular formula is C11H20N4O3S. The van der Waals surface area contributed by atoms with Gasteiger partial charge in [-0.1, -0.05) is 18.7 Å². The predicted molar refractivity (Wildman–Crippen MR) is 74.8 cm³/mol. The molecule has 0 saturated heterocycles. The average molecular weight is 288 g/mol. The van der Waals surface area contributed by atoms with E-state index in [0.29, 0.717) is 17.5 Å². The van der Waals surface area contributed by atoms with E-state index in [4.69, 9.17) is 4.74 Å². The van der Waals surface area contributed by atoms with Gasteiger partial charge in [0.25, 0.3) is 0 Å². The Balaban J connectivity index is 2.65. The van der Waals surface area contributed by atoms with Crippen molar-refractivity contribution in [3.05, 3.63) is 20.7 Å². The molecule has 1 aromatic rings. The molecule has 0 aromatic carbocycles. The summed E-state index contributed by atoms with van der Waals surface area (Å²) in [6.45, 7) is 3.59. The van der Waals surface area contributed by atoms with Crippen molar-refractivity contribution in [2.75, 3.05) is 26.0 Å². The first-order valence-electron chi connectivity index (χ1n) is 6.11. The molecule has 0 amide bonds. The van der Waals surface area contributed by atoms with Crippen molar-refractivity contribution in [1.82, 2.24) is 20.1 Å². The molecule has 7 nitrogen and oxygen atoms in total. The second-order valence-corrected chi connectivity index (χ2v) is 5.10. The fraction of sp³-hybridized carbons (Fsp3) is 0.727. The van der Waals surface area contributed by atoms with Crippen LogP contribution in [0.2, 0.25) is 0 Å². The molecule has 0 fully saturated rings. The number of hydrogen-bond donors (Lipinski definition) is 2. The number of thioether (sulfide) groups is 1. The van der Waals surface area contributed by atoms with E-state index in [1.807, 2.05) is 0 Å². The van der Waals surface area contributed by atoms with Crippen LogP contribution < -0.4 is 16.4 Å². The van der Waals surface area contributed by atoms with Crippen LogP contribution in [0.3, 0.4) is 0 Å². The topological polar surface area (TPSA) is 89.0 Å². The minimum absolute atomic E-state index is 0.179. The molecule has 1 heterocycles. The summed E-state index contributed by atoms with van der Waals surface area (Å²) in [6.07, 6.45) is 1.04. The highest BCUT2D eigenvalue weighted by atomic mass is 32.2. The van der Waals surface area contributed by atoms with Gasteiger partial charge in [0.2, 0.25) is 0 Å². The van der Waals surface area contributed by atoms with E-state index in [-0.39, 0.29) is 6.04 Å². The lowest BCUT2D eigenvalue weighted by molar-refractivity contribution is 0.174. The molecule has 0 saturated carbocycles. The first kappa shape index (κ1) is 15.9. The van der Waals surface area contributed by atoms with Crippen molar-refractivity contribution < 1.29 is 4.74 Å². The molecular weight excluding hydrogens is 268 g/mol. The number of rotatable bonds is 8. The van der Waals surface area contributed by atoms with E-state index >= 15 is 0 Å². The van der Waals surface area contributed by atoms with Crippen LogP contribution in [-0.2, 0) is 11.8 Å². The molecule has 0 aliphatic carbocycles. The maximum absolute atomic E-state index is 11.2. The molecule has 0 spiro atoms. The van der Waals surface area contributed by atoms with Crippen molar-refractivity contribution in [2.45, 2.75) is 24.5 Å². The molecule has 1 atom stereocenters. The minimum Gasteiger partial charge on any atom is -0.383 e. The standard InChI is InChI=1S/C11H20N4O3S/c1-4-5-12-8(6-18-3)7-19-11-13-9(16)10(17)14-15(11)2/h8,12H,4-7H2,1-3H3,(H,14,17). The molecule has 0 aliphatic rings. The number of hydrogen-bond acceptors (Lipinski definition) is 6. The fourth-order valence-corrected chi connectivity index (χ4v) is 2.43. The summed E-state index contributed by atoms with van der Waals surface area (Å²) < 4.78 is 6.60. The SMILES string of the molecule is CCCNC(COC)CSc1nc(=O)c(=O)[nH]n1C. The summed E-state index contributed by atoms with van der Waals surface area (Å²) in [5.74, 6) is 0.708. The zero-order valence-electron chi connectivity index (χ0n) is 11.4. The van der Waals surface area contributed by atoms with Crippen LogP contribution in [0.25, 0.3) is 0 Å². The number of methoxy groups -OCH3 is 1. The fourth-order valence-electron chi connectivity index (χ4n) is 1.48. The third-order valence-corrected chi connectivity index (χ3v) is 3.60. The summed E-state index contributed by atoms with van der Waals surface area (Å²) in [4.78, 5) is 26.0. The van der Waals surface area contributed by atoms with Gasteiger partial charge in [-0.2, -0.15) is 4.98 Å². The lowest BCUT2D eigenvalue weighted by Gasteiger charge is -2.17. The summed E-state index contributed by atoms with van der Waals surface area (Å²) in [5, 5.41) is 6.26. The van der Waals surface area contributed by atoms with E-state index in [0.717, 1.165) is 13.0 Å². The third-order valence-electron chi connectivity index (χ3n) is 2.41. The zero-order valence-corrected chi connectivity index (χ0v) is 12.2. The summed E-state index contributed by atoms with van der Waals surface area (Å²) in [6, 6.07) is 0.179. The predicted octanol–water partition coefficient (Wildman–Crippen LogP) is -0.425. The normalized spacial score (nSPS) is 12.6. The summed E-state index contributed by atoms with van der Waals surface area (Å²) in [5.41, 5.74) is -1.46. The molecule has 1 aromatic heterocycles. The van der Waals surface area contributed by atoms with Gasteiger partial charge in [0.1, 0.15) is 0 Å². The van der Waals surface area contributed by atoms with Gasteiger partial charge in [-0.05, 0) is 13.0 Å². The van der Waals surface area contributed by atoms with Crippen molar-refractivity contribution >= 4 is 11.8 Å². The molecule has 0 bridgehead atoms. The Hall–Kier alpha value is -1.12. The Bertz CT molecular complexity index is 499. The highest BCUT2D eigenvalue weighted by molar-refractivity contribution is 7.99. The van der Waals surface area contributed by atoms with E-state index in [1.165, 1.54) is 16.4 Å². The van der Waals surface area contributed by atoms with Crippen molar-refractivity contribution in [1.29, 1.82) is 0 Å². The molecule has 0 radical (unpaired) electrons. The van der Waals surface area contributed by atoms with E-state index < -0.39 is 11.1 Å². The van der Waals surface area contributed by atoms with Gasteiger partial charge in [-0.25, -0.2) is 0 Å². The largest absolute Gasteiger partial charge is 0.383 e. The third kappa shape index (κ3) is 5.17. The number of nitrogens with one attached hydrogen (secondary N) is 2. The Morgan fingerprint density at radius 3 is 2.89 bits per heavy atom. The van der Waals surface area contributed by atoms with E-state index in [2.05, 4.69) is 22.3 Å². The second-order valence-electron chi connectivity index (χ2n) is 4.12. The van der Waals surface area contributed by atoms with E-state index in [9.17, 15) is 9.59 Å². The van der Waals surface area contributed by atoms with Gasteiger partial charge in [0.05, 0.1) is 6.61 Å². The Morgan fingerprint density at radius 2 is 2.26 bits per heavy atom. The molecule has 108 valence electrons. The maximum Gasteiger partial charge on any atom is 0.339 e. The Morgan fingerprint density at radius 1 is 1.53 bits per heavy atom. The molecule has 8 heteroatoms. The van der Waals surface area contributed by atoms with Crippen LogP contribution in [0.5, 0.6) is 0 Å². The highest BCUT2D eigenvalue weighted by Crippen LogP contribution is 2.12. The van der Waals surface area contributed by atoms with Crippen LogP contribution in [-0.4, -0.2) is 46.8 Å². The Kier molecular flexibility index (Phi) is 6.82. The number of aryl methyl sites for hydroxylation is 1. The molecule has 1 unspecified atom stereocenters. The maximum atomic E-state index is 11.2. The molecule has 1 rings (SSSR count). The van der Waals surface area contributed by atoms with Crippen LogP contribution in [0.15, 0.2) is 14.7 Å². The van der Waals surface area contributed by atoms with Gasteiger partial charge >= 0.3 is 11.1 Å². The zero-order chi connectivity index (χ0) is 14.3. The van der Waals surface area contributed by atoms with Gasteiger partial charge < -0.3 is 10.1 Å². The lowest BCUT2D eigenvalue weighted by Crippen LogP contribution is -2.37. The van der Waals surface area contributed by atoms with Gasteiger partial charge in [-0.3, -0.25) is 19.4 Å². The van der Waals surface area contributed by atoms with Crippen LogP contribution >= 0.6 is 11.8 Å². The number of nitrogens with zero attached hydrogens (tertiary/aromatic N) is 2. The van der Waals surface area contributed by atoms with Crippen molar-refractivity contribution in [2.24, 2.45) is 7.05 Å². The van der Waals surface area contributed by atoms with Gasteiger partial charge in [0.15, 0.2) is 5.16 Å². The van der Waals surface area contributed by atoms with Gasteiger partial charge in [0, 0.05) is 26.0 Å². The smallest absolute Gasteiger partial charge is 0.339 e. The summed E-state index contributed by atoms with van der Waals surface area (Å²) in [7, 11) is 3.31. The Labute approximate surface area is 115 Å².